The first kappa shape index (κ1) is 11.3. The summed E-state index contributed by atoms with van der Waals surface area (Å²) < 4.78 is 0. The van der Waals surface area contributed by atoms with Crippen LogP contribution in [0.1, 0.15) is 12.8 Å². The van der Waals surface area contributed by atoms with Crippen molar-refractivity contribution in [2.24, 2.45) is 0 Å². The van der Waals surface area contributed by atoms with Crippen LogP contribution in [-0.2, 0) is 9.59 Å². The topological polar surface area (TPSA) is 81.7 Å². The van der Waals surface area contributed by atoms with Crippen LogP contribution in [-0.4, -0.2) is 60.1 Å². The first-order valence-corrected chi connectivity index (χ1v) is 5.54. The van der Waals surface area contributed by atoms with Crippen molar-refractivity contribution in [3.63, 3.8) is 0 Å². The fraction of sp³-hybridized carbons (Fsp3) is 0.800. The predicted octanol–water partition coefficient (Wildman–Crippen LogP) is -1.94. The van der Waals surface area contributed by atoms with Crippen LogP contribution in [0, 0.1) is 0 Å². The van der Waals surface area contributed by atoms with Crippen LogP contribution in [0.15, 0.2) is 0 Å². The van der Waals surface area contributed by atoms with E-state index >= 15 is 0 Å². The monoisotopic (exact) mass is 227 g/mol. The van der Waals surface area contributed by atoms with Gasteiger partial charge in [0, 0.05) is 26.6 Å². The van der Waals surface area contributed by atoms with Crippen LogP contribution in [0.5, 0.6) is 0 Å². The van der Waals surface area contributed by atoms with Gasteiger partial charge in [0.1, 0.15) is 6.04 Å². The Morgan fingerprint density at radius 2 is 2.25 bits per heavy atom. The molecule has 0 aromatic heterocycles. The molecule has 6 heteroatoms. The van der Waals surface area contributed by atoms with Gasteiger partial charge in [0.05, 0.1) is 12.1 Å². The molecular weight excluding hydrogens is 210 g/mol. The maximum Gasteiger partial charge on any atom is 0.245 e. The number of aliphatic hydroxyl groups is 1. The Morgan fingerprint density at radius 1 is 1.50 bits per heavy atom. The highest BCUT2D eigenvalue weighted by molar-refractivity contribution is 5.90. The van der Waals surface area contributed by atoms with Gasteiger partial charge in [-0.2, -0.15) is 0 Å². The maximum absolute atomic E-state index is 12.0. The number of hydrogen-bond acceptors (Lipinski definition) is 4. The van der Waals surface area contributed by atoms with Gasteiger partial charge in [-0.3, -0.25) is 9.59 Å². The zero-order valence-corrected chi connectivity index (χ0v) is 9.27. The van der Waals surface area contributed by atoms with Crippen LogP contribution in [0.4, 0.5) is 0 Å². The minimum Gasteiger partial charge on any atom is -0.390 e. The van der Waals surface area contributed by atoms with Crippen LogP contribution in [0.2, 0.25) is 0 Å². The third-order valence-corrected chi connectivity index (χ3v) is 3.29. The number of carbonyl (C=O) groups excluding carboxylic acids is 2. The third-order valence-electron chi connectivity index (χ3n) is 3.29. The second-order valence-electron chi connectivity index (χ2n) is 4.40. The van der Waals surface area contributed by atoms with E-state index in [1.165, 1.54) is 0 Å². The van der Waals surface area contributed by atoms with Gasteiger partial charge in [-0.1, -0.05) is 0 Å². The van der Waals surface area contributed by atoms with Crippen molar-refractivity contribution in [3.05, 3.63) is 0 Å². The molecule has 1 unspecified atom stereocenters. The molecule has 2 saturated heterocycles. The van der Waals surface area contributed by atoms with Crippen molar-refractivity contribution in [3.8, 4) is 0 Å². The van der Waals surface area contributed by atoms with E-state index in [1.807, 2.05) is 0 Å². The van der Waals surface area contributed by atoms with E-state index in [1.54, 1.807) is 11.9 Å². The Hall–Kier alpha value is -1.14. The molecule has 3 atom stereocenters. The largest absolute Gasteiger partial charge is 0.390 e. The Labute approximate surface area is 94.0 Å². The molecule has 2 aliphatic rings. The van der Waals surface area contributed by atoms with E-state index in [0.29, 0.717) is 25.9 Å². The van der Waals surface area contributed by atoms with Gasteiger partial charge in [-0.25, -0.2) is 0 Å². The summed E-state index contributed by atoms with van der Waals surface area (Å²) in [6, 6.07) is -0.602. The molecule has 16 heavy (non-hydrogen) atoms. The number of nitrogens with one attached hydrogen (secondary N) is 2. The van der Waals surface area contributed by atoms with Crippen LogP contribution in [0.25, 0.3) is 0 Å². The van der Waals surface area contributed by atoms with Gasteiger partial charge in [0.2, 0.25) is 11.8 Å². The molecule has 2 amide bonds. The molecule has 0 spiro atoms. The first-order valence-electron chi connectivity index (χ1n) is 5.54. The molecule has 2 heterocycles. The van der Waals surface area contributed by atoms with Gasteiger partial charge in [0.25, 0.3) is 0 Å². The first-order chi connectivity index (χ1) is 7.59. The quantitative estimate of drug-likeness (QED) is 0.512. The van der Waals surface area contributed by atoms with E-state index in [9.17, 15) is 14.7 Å². The van der Waals surface area contributed by atoms with Gasteiger partial charge in [-0.05, 0) is 6.42 Å². The minimum absolute atomic E-state index is 0.0724. The van der Waals surface area contributed by atoms with Crippen molar-refractivity contribution in [1.82, 2.24) is 15.5 Å². The summed E-state index contributed by atoms with van der Waals surface area (Å²) in [7, 11) is 1.67. The summed E-state index contributed by atoms with van der Waals surface area (Å²) in [5.74, 6) is -0.185. The Balaban J connectivity index is 1.96. The minimum atomic E-state index is -0.522. The van der Waals surface area contributed by atoms with E-state index in [0.717, 1.165) is 0 Å². The fourth-order valence-electron chi connectivity index (χ4n) is 2.25. The van der Waals surface area contributed by atoms with E-state index in [4.69, 9.17) is 0 Å². The summed E-state index contributed by atoms with van der Waals surface area (Å²) in [5.41, 5.74) is 0. The molecule has 6 nitrogen and oxygen atoms in total. The number of carbonyl (C=O) groups is 2. The van der Waals surface area contributed by atoms with Crippen molar-refractivity contribution in [1.29, 1.82) is 0 Å². The molecule has 3 N–H and O–H groups in total. The zero-order chi connectivity index (χ0) is 11.7. The average molecular weight is 227 g/mol. The number of aliphatic hydroxyl groups excluding tert-OH is 1. The van der Waals surface area contributed by atoms with Gasteiger partial charge >= 0.3 is 0 Å². The highest BCUT2D eigenvalue weighted by Gasteiger charge is 2.36. The second-order valence-corrected chi connectivity index (χ2v) is 4.40. The number of likely N-dealkylation sites (N-methyl/N-ethyl adjacent to an activating group) is 1. The average Bonchev–Trinajstić information content (AvgIpc) is 2.85. The third kappa shape index (κ3) is 2.03. The van der Waals surface area contributed by atoms with Crippen LogP contribution < -0.4 is 10.6 Å². The van der Waals surface area contributed by atoms with Gasteiger partial charge < -0.3 is 20.6 Å². The standard InChI is InChI=1S/C10H17N3O3/c1-13(7-4-11-5-8(7)14)10(16)6-2-3-9(15)12-6/h6-8,11,14H,2-5H2,1H3,(H,12,15)/t6?,7-,8-/m1/s1. The molecule has 0 aromatic rings. The van der Waals surface area contributed by atoms with Crippen molar-refractivity contribution in [2.75, 3.05) is 20.1 Å². The summed E-state index contributed by atoms with van der Waals surface area (Å²) in [4.78, 5) is 24.6. The maximum atomic E-state index is 12.0. The molecule has 90 valence electrons. The molecule has 2 aliphatic heterocycles. The number of rotatable bonds is 2. The number of amides is 2. The number of hydrogen-bond donors (Lipinski definition) is 3. The lowest BCUT2D eigenvalue weighted by molar-refractivity contribution is -0.136. The van der Waals surface area contributed by atoms with Crippen LogP contribution >= 0.6 is 0 Å². The Kier molecular flexibility index (Phi) is 3.11. The smallest absolute Gasteiger partial charge is 0.245 e. The Bertz CT molecular complexity index is 308. The van der Waals surface area contributed by atoms with Crippen molar-refractivity contribution < 1.29 is 14.7 Å². The molecule has 0 saturated carbocycles. The number of nitrogens with zero attached hydrogens (tertiary/aromatic N) is 1. The lowest BCUT2D eigenvalue weighted by Crippen LogP contribution is -2.50. The van der Waals surface area contributed by atoms with Crippen molar-refractivity contribution in [2.45, 2.75) is 31.0 Å². The molecule has 0 aliphatic carbocycles. The normalized spacial score (nSPS) is 33.9. The molecular formula is C10H17N3O3. The lowest BCUT2D eigenvalue weighted by Gasteiger charge is -2.28. The summed E-state index contributed by atoms with van der Waals surface area (Å²) in [6.07, 6.45) is 0.444. The van der Waals surface area contributed by atoms with Crippen LogP contribution in [0.3, 0.4) is 0 Å². The second kappa shape index (κ2) is 4.39. The molecule has 2 fully saturated rings. The molecule has 0 bridgehead atoms. The van der Waals surface area contributed by atoms with Gasteiger partial charge in [0.15, 0.2) is 0 Å². The van der Waals surface area contributed by atoms with E-state index in [2.05, 4.69) is 10.6 Å². The SMILES string of the molecule is CN(C(=O)C1CCC(=O)N1)[C@@H]1CNC[C@H]1O. The van der Waals surface area contributed by atoms with E-state index < -0.39 is 12.1 Å². The highest BCUT2D eigenvalue weighted by atomic mass is 16.3. The van der Waals surface area contributed by atoms with E-state index in [-0.39, 0.29) is 17.9 Å². The fourth-order valence-corrected chi connectivity index (χ4v) is 2.25. The summed E-state index contributed by atoms with van der Waals surface area (Å²) in [6.45, 7) is 1.11. The van der Waals surface area contributed by atoms with Crippen molar-refractivity contribution >= 4 is 11.8 Å². The highest BCUT2D eigenvalue weighted by Crippen LogP contribution is 2.13. The molecule has 0 aromatic carbocycles. The number of β-amino-alcohol motifs (C(OH)–C–C–N with tert-alkyl or cyclic N) is 1. The summed E-state index contributed by atoms with van der Waals surface area (Å²) in [5, 5.41) is 15.3. The molecule has 0 radical (unpaired) electrons. The molecule has 2 rings (SSSR count). The lowest BCUT2D eigenvalue weighted by atomic mass is 10.1. The Morgan fingerprint density at radius 3 is 2.75 bits per heavy atom. The summed E-state index contributed by atoms with van der Waals surface area (Å²) >= 11 is 0. The zero-order valence-electron chi connectivity index (χ0n) is 9.27. The predicted molar refractivity (Wildman–Crippen MR) is 56.6 cm³/mol. The van der Waals surface area contributed by atoms with Gasteiger partial charge in [-0.15, -0.1) is 0 Å².